The summed E-state index contributed by atoms with van der Waals surface area (Å²) < 4.78 is 0. The maximum atomic E-state index is 10.3. The summed E-state index contributed by atoms with van der Waals surface area (Å²) in [4.78, 5) is 17.0. The number of aliphatic imine (C=N–C) groups is 1. The molecule has 2 aliphatic rings. The molecule has 0 aromatic heterocycles. The number of rotatable bonds is 9. The third-order valence-corrected chi connectivity index (χ3v) is 4.07. The van der Waals surface area contributed by atoms with Crippen LogP contribution in [0.5, 0.6) is 0 Å². The van der Waals surface area contributed by atoms with Gasteiger partial charge >= 0.3 is 0 Å². The first-order valence-corrected chi connectivity index (χ1v) is 8.30. The number of carbonyl (C=O) groups is 1. The molecule has 1 aliphatic carbocycles. The molecule has 2 N–H and O–H groups in total. The molecule has 1 fully saturated rings. The summed E-state index contributed by atoms with van der Waals surface area (Å²) in [6, 6.07) is 1.03. The van der Waals surface area contributed by atoms with Crippen LogP contribution in [-0.2, 0) is 4.79 Å². The monoisotopic (exact) mass is 304 g/mol. The van der Waals surface area contributed by atoms with Crippen molar-refractivity contribution in [2.75, 3.05) is 20.1 Å². The third kappa shape index (κ3) is 4.19. The minimum absolute atomic E-state index is 0.347. The van der Waals surface area contributed by atoms with Crippen LogP contribution in [0.3, 0.4) is 0 Å². The van der Waals surface area contributed by atoms with Crippen LogP contribution >= 0.6 is 0 Å². The van der Waals surface area contributed by atoms with Gasteiger partial charge in [0.2, 0.25) is 6.41 Å². The van der Waals surface area contributed by atoms with Gasteiger partial charge in [-0.2, -0.15) is 0 Å². The van der Waals surface area contributed by atoms with Crippen molar-refractivity contribution in [2.45, 2.75) is 51.6 Å². The minimum Gasteiger partial charge on any atom is -0.359 e. The van der Waals surface area contributed by atoms with Crippen LogP contribution in [0.15, 0.2) is 28.4 Å². The number of carbonyl (C=O) groups excluding carboxylic acids is 1. The molecule has 5 nitrogen and oxygen atoms in total. The highest BCUT2D eigenvalue weighted by molar-refractivity contribution is 6.05. The number of hydrogen-bond acceptors (Lipinski definition) is 3. The quantitative estimate of drug-likeness (QED) is 0.505. The van der Waals surface area contributed by atoms with Crippen molar-refractivity contribution < 1.29 is 4.79 Å². The van der Waals surface area contributed by atoms with Gasteiger partial charge in [-0.3, -0.25) is 9.79 Å². The molecular weight excluding hydrogens is 276 g/mol. The van der Waals surface area contributed by atoms with Gasteiger partial charge in [0.25, 0.3) is 0 Å². The largest absolute Gasteiger partial charge is 0.359 e. The van der Waals surface area contributed by atoms with Crippen LogP contribution in [0.25, 0.3) is 0 Å². The van der Waals surface area contributed by atoms with Gasteiger partial charge in [0.1, 0.15) is 5.84 Å². The van der Waals surface area contributed by atoms with Gasteiger partial charge in [-0.1, -0.05) is 13.0 Å². The number of hydrogen-bond donors (Lipinski definition) is 2. The Hall–Kier alpha value is -1.62. The summed E-state index contributed by atoms with van der Waals surface area (Å²) in [7, 11) is 1.85. The molecule has 1 unspecified atom stereocenters. The van der Waals surface area contributed by atoms with Crippen LogP contribution < -0.4 is 10.6 Å². The lowest BCUT2D eigenvalue weighted by Gasteiger charge is -2.17. The summed E-state index contributed by atoms with van der Waals surface area (Å²) in [5.74, 6) is 1.05. The van der Waals surface area contributed by atoms with E-state index in [1.165, 1.54) is 24.0 Å². The molecule has 0 radical (unpaired) electrons. The van der Waals surface area contributed by atoms with Crippen molar-refractivity contribution in [3.05, 3.63) is 23.4 Å². The van der Waals surface area contributed by atoms with Gasteiger partial charge < -0.3 is 15.5 Å². The Kier molecular flexibility index (Phi) is 6.19. The van der Waals surface area contributed by atoms with Gasteiger partial charge in [0.05, 0.1) is 0 Å². The third-order valence-electron chi connectivity index (χ3n) is 4.07. The maximum absolute atomic E-state index is 10.3. The zero-order valence-electron chi connectivity index (χ0n) is 13.9. The average Bonchev–Trinajstić information content (AvgIpc) is 3.25. The molecule has 1 aliphatic heterocycles. The molecule has 122 valence electrons. The minimum atomic E-state index is 0.347. The molecule has 1 heterocycles. The number of nitrogens with zero attached hydrogens (tertiary/aromatic N) is 2. The van der Waals surface area contributed by atoms with Crippen LogP contribution in [0.1, 0.15) is 39.5 Å². The van der Waals surface area contributed by atoms with E-state index in [1.807, 2.05) is 7.05 Å². The molecule has 2 rings (SSSR count). The van der Waals surface area contributed by atoms with Crippen molar-refractivity contribution in [3.8, 4) is 0 Å². The molecular formula is C17H28N4O. The van der Waals surface area contributed by atoms with E-state index in [9.17, 15) is 4.79 Å². The van der Waals surface area contributed by atoms with E-state index < -0.39 is 0 Å². The second kappa shape index (κ2) is 8.13. The average molecular weight is 304 g/mol. The van der Waals surface area contributed by atoms with Crippen molar-refractivity contribution in [1.82, 2.24) is 15.5 Å². The SMILES string of the molecule is CC/C=C1/C(C(C)NC2CC2)=CN(CCCNC=O)C1=NC. The fourth-order valence-corrected chi connectivity index (χ4v) is 2.86. The molecule has 0 spiro atoms. The van der Waals surface area contributed by atoms with E-state index in [0.717, 1.165) is 31.6 Å². The Labute approximate surface area is 133 Å². The Balaban J connectivity index is 2.08. The second-order valence-corrected chi connectivity index (χ2v) is 5.94. The summed E-state index contributed by atoms with van der Waals surface area (Å²) >= 11 is 0. The van der Waals surface area contributed by atoms with Crippen LogP contribution in [0.2, 0.25) is 0 Å². The lowest BCUT2D eigenvalue weighted by Crippen LogP contribution is -2.30. The van der Waals surface area contributed by atoms with E-state index in [4.69, 9.17) is 0 Å². The highest BCUT2D eigenvalue weighted by Crippen LogP contribution is 2.29. The summed E-state index contributed by atoms with van der Waals surface area (Å²) in [6.45, 7) is 5.96. The smallest absolute Gasteiger partial charge is 0.207 e. The molecule has 0 aromatic rings. The summed E-state index contributed by atoms with van der Waals surface area (Å²) in [6.07, 6.45) is 9.74. The van der Waals surface area contributed by atoms with E-state index in [0.29, 0.717) is 18.6 Å². The standard InChI is InChI=1S/C17H28N4O/c1-4-6-15-16(13(2)20-14-7-8-14)11-21(17(15)18-3)10-5-9-19-12-22/h6,11-14,20H,4-5,7-10H2,1-3H3,(H,19,22)/b15-6-,18-17?. The van der Waals surface area contributed by atoms with E-state index >= 15 is 0 Å². The predicted molar refractivity (Wildman–Crippen MR) is 90.8 cm³/mol. The van der Waals surface area contributed by atoms with Gasteiger partial charge in [-0.05, 0) is 38.2 Å². The van der Waals surface area contributed by atoms with Crippen LogP contribution in [0, 0.1) is 0 Å². The molecule has 0 saturated heterocycles. The molecule has 1 saturated carbocycles. The Morgan fingerprint density at radius 1 is 1.50 bits per heavy atom. The van der Waals surface area contributed by atoms with Crippen molar-refractivity contribution in [3.63, 3.8) is 0 Å². The normalized spacial score (nSPS) is 23.0. The zero-order chi connectivity index (χ0) is 15.9. The highest BCUT2D eigenvalue weighted by atomic mass is 16.1. The number of allylic oxidation sites excluding steroid dienone is 1. The topological polar surface area (TPSA) is 56.7 Å². The molecule has 0 aromatic carbocycles. The van der Waals surface area contributed by atoms with Crippen molar-refractivity contribution >= 4 is 12.2 Å². The fourth-order valence-electron chi connectivity index (χ4n) is 2.86. The number of nitrogens with one attached hydrogen (secondary N) is 2. The fraction of sp³-hybridized carbons (Fsp3) is 0.647. The molecule has 1 atom stereocenters. The summed E-state index contributed by atoms with van der Waals surface area (Å²) in [5, 5.41) is 6.39. The van der Waals surface area contributed by atoms with Gasteiger partial charge in [0, 0.05) is 44.0 Å². The first kappa shape index (κ1) is 16.7. The molecule has 0 bridgehead atoms. The van der Waals surface area contributed by atoms with Gasteiger partial charge in [-0.15, -0.1) is 0 Å². The van der Waals surface area contributed by atoms with Crippen molar-refractivity contribution in [2.24, 2.45) is 4.99 Å². The van der Waals surface area contributed by atoms with Crippen molar-refractivity contribution in [1.29, 1.82) is 0 Å². The Morgan fingerprint density at radius 3 is 2.86 bits per heavy atom. The molecule has 1 amide bonds. The Morgan fingerprint density at radius 2 is 2.27 bits per heavy atom. The highest BCUT2D eigenvalue weighted by Gasteiger charge is 2.31. The number of amidine groups is 1. The summed E-state index contributed by atoms with van der Waals surface area (Å²) in [5.41, 5.74) is 2.59. The maximum Gasteiger partial charge on any atom is 0.207 e. The van der Waals surface area contributed by atoms with E-state index in [2.05, 4.69) is 46.6 Å². The van der Waals surface area contributed by atoms with E-state index in [1.54, 1.807) is 0 Å². The predicted octanol–water partition coefficient (Wildman–Crippen LogP) is 1.83. The van der Waals surface area contributed by atoms with Crippen LogP contribution in [-0.4, -0.2) is 49.4 Å². The van der Waals surface area contributed by atoms with E-state index in [-0.39, 0.29) is 0 Å². The second-order valence-electron chi connectivity index (χ2n) is 5.94. The lowest BCUT2D eigenvalue weighted by atomic mass is 10.0. The molecule has 22 heavy (non-hydrogen) atoms. The van der Waals surface area contributed by atoms with Crippen LogP contribution in [0.4, 0.5) is 0 Å². The first-order chi connectivity index (χ1) is 10.7. The molecule has 5 heteroatoms. The zero-order valence-corrected chi connectivity index (χ0v) is 13.9. The van der Waals surface area contributed by atoms with Gasteiger partial charge in [-0.25, -0.2) is 0 Å². The Bertz CT molecular complexity index is 477. The lowest BCUT2D eigenvalue weighted by molar-refractivity contribution is -0.109. The first-order valence-electron chi connectivity index (χ1n) is 8.30. The number of amides is 1. The van der Waals surface area contributed by atoms with Gasteiger partial charge in [0.15, 0.2) is 0 Å².